The van der Waals surface area contributed by atoms with Crippen LogP contribution >= 0.6 is 0 Å². The van der Waals surface area contributed by atoms with E-state index in [0.717, 1.165) is 124 Å². The topological polar surface area (TPSA) is 86.4 Å². The van der Waals surface area contributed by atoms with Gasteiger partial charge in [0, 0.05) is 44.5 Å². The summed E-state index contributed by atoms with van der Waals surface area (Å²) in [5.74, 6) is 0.174. The van der Waals surface area contributed by atoms with Gasteiger partial charge in [-0.3, -0.25) is 19.8 Å². The second-order valence-corrected chi connectivity index (χ2v) is 25.5. The minimum Gasteiger partial charge on any atom is -0.506 e. The molecule has 6 heteroatoms. The van der Waals surface area contributed by atoms with Crippen molar-refractivity contribution in [3.8, 4) is 22.3 Å². The van der Waals surface area contributed by atoms with Crippen molar-refractivity contribution >= 4 is 45.7 Å². The number of anilines is 1. The predicted molar refractivity (Wildman–Crippen MR) is 307 cm³/mol. The third-order valence-electron chi connectivity index (χ3n) is 20.6. The molecule has 4 aromatic carbocycles. The number of carbonyl (C=O) groups excluding carboxylic acids is 1. The predicted octanol–water partition coefficient (Wildman–Crippen LogP) is 18.3. The van der Waals surface area contributed by atoms with Crippen molar-refractivity contribution in [2.24, 2.45) is 15.0 Å². The number of benzene rings is 4. The molecule has 4 unspecified atom stereocenters. The van der Waals surface area contributed by atoms with Gasteiger partial charge in [0.2, 0.25) is 5.78 Å². The molecule has 3 fully saturated rings. The summed E-state index contributed by atoms with van der Waals surface area (Å²) in [6, 6.07) is 19.3. The lowest BCUT2D eigenvalue weighted by Gasteiger charge is -2.36. The van der Waals surface area contributed by atoms with E-state index in [1.807, 2.05) is 0 Å². The number of rotatable bonds is 3. The van der Waals surface area contributed by atoms with E-state index in [4.69, 9.17) is 15.0 Å². The number of aliphatic imine (C=N–C) groups is 3. The van der Waals surface area contributed by atoms with Gasteiger partial charge < -0.3 is 10.4 Å². The fourth-order valence-electron chi connectivity index (χ4n) is 16.1. The molecular weight excluding hydrogens is 905 g/mol. The first-order valence-corrected chi connectivity index (χ1v) is 29.2. The van der Waals surface area contributed by atoms with Gasteiger partial charge in [-0.25, -0.2) is 0 Å². The molecule has 4 aromatic rings. The molecule has 9 aliphatic rings. The van der Waals surface area contributed by atoms with Gasteiger partial charge >= 0.3 is 0 Å². The first kappa shape index (κ1) is 48.1. The molecule has 4 atom stereocenters. The third-order valence-corrected chi connectivity index (χ3v) is 20.6. The van der Waals surface area contributed by atoms with Crippen LogP contribution in [-0.4, -0.2) is 28.0 Å². The van der Waals surface area contributed by atoms with Gasteiger partial charge in [0.15, 0.2) is 0 Å². The van der Waals surface area contributed by atoms with E-state index in [1.165, 1.54) is 141 Å². The molecule has 74 heavy (non-hydrogen) atoms. The molecule has 2 N–H and O–H groups in total. The quantitative estimate of drug-likeness (QED) is 0.201. The molecule has 382 valence electrons. The van der Waals surface area contributed by atoms with Crippen molar-refractivity contribution in [1.82, 2.24) is 0 Å². The number of Topliss-reactive ketones (excluding diaryl/α,β-unsaturated/α-hetero) is 1. The molecule has 6 nitrogen and oxygen atoms in total. The minimum atomic E-state index is -0.382. The number of ketones is 1. The van der Waals surface area contributed by atoms with E-state index in [1.54, 1.807) is 0 Å². The number of aliphatic hydroxyl groups excluding tert-OH is 1. The number of hydrogen-bond acceptors (Lipinski definition) is 6. The summed E-state index contributed by atoms with van der Waals surface area (Å²) in [6.45, 7) is 18.6. The highest BCUT2D eigenvalue weighted by Crippen LogP contribution is 2.58. The fraction of sp³-hybridized carbons (Fsp3) is 0.500. The van der Waals surface area contributed by atoms with Crippen molar-refractivity contribution in [3.05, 3.63) is 127 Å². The zero-order valence-electron chi connectivity index (χ0n) is 45.9. The van der Waals surface area contributed by atoms with Gasteiger partial charge in [0.05, 0.1) is 33.9 Å². The Labute approximate surface area is 441 Å². The normalized spacial score (nSPS) is 30.3. The number of nitrogens with one attached hydrogen (secondary N) is 1. The molecule has 0 bridgehead atoms. The Hall–Kier alpha value is -5.62. The van der Waals surface area contributed by atoms with Crippen molar-refractivity contribution in [1.29, 1.82) is 0 Å². The summed E-state index contributed by atoms with van der Waals surface area (Å²) in [5.41, 5.74) is 27.1. The smallest absolute Gasteiger partial charge is 0.201 e. The summed E-state index contributed by atoms with van der Waals surface area (Å²) in [6.07, 6.45) is 24.5. The molecule has 0 saturated heterocycles. The monoisotopic (exact) mass is 983 g/mol. The van der Waals surface area contributed by atoms with E-state index < -0.39 is 0 Å². The third kappa shape index (κ3) is 7.07. The van der Waals surface area contributed by atoms with Gasteiger partial charge in [-0.05, 0) is 245 Å². The summed E-state index contributed by atoms with van der Waals surface area (Å²) in [5, 5.41) is 16.6. The number of aliphatic hydroxyl groups is 1. The van der Waals surface area contributed by atoms with Crippen molar-refractivity contribution < 1.29 is 9.90 Å². The van der Waals surface area contributed by atoms with E-state index in [-0.39, 0.29) is 33.2 Å². The number of fused-ring (bicyclic) bond motifs is 12. The summed E-state index contributed by atoms with van der Waals surface area (Å²) in [7, 11) is 0. The zero-order valence-corrected chi connectivity index (χ0v) is 45.9. The number of hydrogen-bond donors (Lipinski definition) is 2. The first-order chi connectivity index (χ1) is 35.6. The van der Waals surface area contributed by atoms with Crippen LogP contribution in [0.15, 0.2) is 97.3 Å². The molecular formula is C68H78N4O2. The van der Waals surface area contributed by atoms with Crippen LogP contribution in [0, 0.1) is 27.7 Å². The van der Waals surface area contributed by atoms with Crippen LogP contribution < -0.4 is 5.32 Å². The van der Waals surface area contributed by atoms with Gasteiger partial charge in [0.1, 0.15) is 5.76 Å². The molecule has 0 radical (unpaired) electrons. The van der Waals surface area contributed by atoms with Crippen LogP contribution in [0.5, 0.6) is 0 Å². The fourth-order valence-corrected chi connectivity index (χ4v) is 16.1. The molecule has 3 saturated carbocycles. The lowest BCUT2D eigenvalue weighted by Crippen LogP contribution is -2.36. The molecule has 13 rings (SSSR count). The Morgan fingerprint density at radius 1 is 0.432 bits per heavy atom. The minimum absolute atomic E-state index is 0.000309. The van der Waals surface area contributed by atoms with E-state index >= 15 is 4.79 Å². The van der Waals surface area contributed by atoms with Gasteiger partial charge in [-0.15, -0.1) is 0 Å². The number of aryl methyl sites for hydroxylation is 4. The van der Waals surface area contributed by atoms with Crippen molar-refractivity contribution in [2.75, 3.05) is 5.32 Å². The largest absolute Gasteiger partial charge is 0.506 e. The van der Waals surface area contributed by atoms with E-state index in [0.29, 0.717) is 11.1 Å². The summed E-state index contributed by atoms with van der Waals surface area (Å²) in [4.78, 5) is 31.5. The van der Waals surface area contributed by atoms with Gasteiger partial charge in [-0.2, -0.15) is 0 Å². The highest BCUT2D eigenvalue weighted by Gasteiger charge is 2.50. The Morgan fingerprint density at radius 3 is 1.36 bits per heavy atom. The van der Waals surface area contributed by atoms with Crippen LogP contribution in [0.3, 0.4) is 0 Å². The maximum absolute atomic E-state index is 15.3. The second kappa shape index (κ2) is 17.5. The SMILES string of the molecule is Cc1cc(-c2cc(C)c3c(c2)C2(C)CCCCC/C(=C4\C(=O)C(C5=C6\Nc7c(C)cc(-c8cc(C)c9c(c8)C8(C)CCCCCCC8=N9)cc7C6(C)CCCCC\5)=C4O)C2=N3)cc2c1N=C1CCCCCCC12C. The standard InChI is InChI=1S/C68H78N4O2/c1-39-31-43(35-49-57(39)69-53-25-17-9-11-19-27-65(49,53)5)45-33-41(3)59-51(37-45)67(7)29-21-13-15-23-47(63(67)71-59)55-61(73)56(62(55)74)48-24-16-14-22-30-68(8)52-38-46(34-42(4)60(52)72-64(48)68)44-32-40(2)58-50(36-44)66(6)28-20-12-10-18-26-54(66)70-58/h31-38,71,73H,9-30H2,1-8H3/b56-48+,63-47-. The van der Waals surface area contributed by atoms with Gasteiger partial charge in [0.25, 0.3) is 0 Å². The van der Waals surface area contributed by atoms with Crippen LogP contribution in [-0.2, 0) is 26.5 Å². The molecule has 4 aliphatic heterocycles. The van der Waals surface area contributed by atoms with E-state index in [2.05, 4.69) is 109 Å². The average Bonchev–Trinajstić information content (AvgIpc) is 4.03. The Kier molecular flexibility index (Phi) is 11.3. The van der Waals surface area contributed by atoms with Crippen LogP contribution in [0.25, 0.3) is 22.3 Å². The number of allylic oxidation sites excluding steroid dienone is 5. The average molecular weight is 983 g/mol. The maximum atomic E-state index is 15.3. The number of carbonyl (C=O) groups is 1. The summed E-state index contributed by atoms with van der Waals surface area (Å²) >= 11 is 0. The highest BCUT2D eigenvalue weighted by molar-refractivity contribution is 6.27. The molecule has 0 aromatic heterocycles. The lowest BCUT2D eigenvalue weighted by atomic mass is 9.66. The van der Waals surface area contributed by atoms with Gasteiger partial charge in [-0.1, -0.05) is 78.1 Å². The molecule has 0 amide bonds. The lowest BCUT2D eigenvalue weighted by molar-refractivity contribution is -0.113. The Balaban J connectivity index is 0.865. The maximum Gasteiger partial charge on any atom is 0.201 e. The zero-order chi connectivity index (χ0) is 51.1. The first-order valence-electron chi connectivity index (χ1n) is 29.2. The molecule has 4 heterocycles. The van der Waals surface area contributed by atoms with E-state index in [9.17, 15) is 5.11 Å². The Bertz CT molecular complexity index is 3350. The van der Waals surface area contributed by atoms with Crippen molar-refractivity contribution in [2.45, 2.75) is 218 Å². The van der Waals surface area contributed by atoms with Crippen LogP contribution in [0.2, 0.25) is 0 Å². The molecule has 5 aliphatic carbocycles. The van der Waals surface area contributed by atoms with Crippen LogP contribution in [0.1, 0.15) is 213 Å². The highest BCUT2D eigenvalue weighted by atomic mass is 16.3. The number of nitrogens with zero attached hydrogens (tertiary/aromatic N) is 3. The Morgan fingerprint density at radius 2 is 0.838 bits per heavy atom. The summed E-state index contributed by atoms with van der Waals surface area (Å²) < 4.78 is 0. The van der Waals surface area contributed by atoms with Crippen LogP contribution in [0.4, 0.5) is 22.7 Å². The van der Waals surface area contributed by atoms with Crippen molar-refractivity contribution in [3.63, 3.8) is 0 Å². The second-order valence-electron chi connectivity index (χ2n) is 25.5. The molecule has 0 spiro atoms.